The molecule has 0 aliphatic carbocycles. The summed E-state index contributed by atoms with van der Waals surface area (Å²) in [5.74, 6) is -1.45. The van der Waals surface area contributed by atoms with Crippen molar-refractivity contribution in [2.45, 2.75) is 13.0 Å². The second-order valence-electron chi connectivity index (χ2n) is 2.02. The Labute approximate surface area is 53.3 Å². The first-order chi connectivity index (χ1) is 4.09. The van der Waals surface area contributed by atoms with Crippen molar-refractivity contribution in [2.75, 3.05) is 6.61 Å². The van der Waals surface area contributed by atoms with Crippen molar-refractivity contribution in [2.24, 2.45) is 11.7 Å². The van der Waals surface area contributed by atoms with Gasteiger partial charge in [-0.05, 0) is 0 Å². The van der Waals surface area contributed by atoms with Gasteiger partial charge in [-0.3, -0.25) is 4.79 Å². The maximum atomic E-state index is 10.1. The Balaban J connectivity index is 3.72. The van der Waals surface area contributed by atoms with Crippen LogP contribution in [0.3, 0.4) is 0 Å². The SMILES string of the molecule is CC(CO)C(N)C(=O)O. The fourth-order valence-corrected chi connectivity index (χ4v) is 0.357. The molecule has 2 atom stereocenters. The van der Waals surface area contributed by atoms with Crippen molar-refractivity contribution >= 4 is 5.97 Å². The van der Waals surface area contributed by atoms with Crippen molar-refractivity contribution in [1.82, 2.24) is 0 Å². The van der Waals surface area contributed by atoms with E-state index in [1.54, 1.807) is 6.92 Å². The van der Waals surface area contributed by atoms with Gasteiger partial charge in [0.05, 0.1) is 0 Å². The highest BCUT2D eigenvalue weighted by Crippen LogP contribution is 1.97. The molecule has 0 aromatic rings. The molecule has 0 aliphatic rings. The summed E-state index contributed by atoms with van der Waals surface area (Å²) in [6.45, 7) is 1.40. The highest BCUT2D eigenvalue weighted by atomic mass is 16.4. The van der Waals surface area contributed by atoms with Crippen molar-refractivity contribution in [3.63, 3.8) is 0 Å². The number of nitrogens with two attached hydrogens (primary N) is 1. The molecular weight excluding hydrogens is 122 g/mol. The molecule has 0 aromatic carbocycles. The Morgan fingerprint density at radius 1 is 1.78 bits per heavy atom. The van der Waals surface area contributed by atoms with Gasteiger partial charge < -0.3 is 15.9 Å². The normalized spacial score (nSPS) is 16.8. The average molecular weight is 133 g/mol. The summed E-state index contributed by atoms with van der Waals surface area (Å²) < 4.78 is 0. The minimum atomic E-state index is -1.07. The van der Waals surface area contributed by atoms with Crippen LogP contribution in [0.25, 0.3) is 0 Å². The fraction of sp³-hybridized carbons (Fsp3) is 0.800. The third kappa shape index (κ3) is 2.43. The molecular formula is C5H11NO3. The zero-order chi connectivity index (χ0) is 7.44. The topological polar surface area (TPSA) is 83.5 Å². The molecule has 0 rings (SSSR count). The summed E-state index contributed by atoms with van der Waals surface area (Å²) in [6, 6.07) is -0.949. The lowest BCUT2D eigenvalue weighted by atomic mass is 10.1. The van der Waals surface area contributed by atoms with E-state index < -0.39 is 12.0 Å². The van der Waals surface area contributed by atoms with Gasteiger partial charge in [-0.25, -0.2) is 0 Å². The van der Waals surface area contributed by atoms with Gasteiger partial charge in [0.1, 0.15) is 6.04 Å². The van der Waals surface area contributed by atoms with Crippen molar-refractivity contribution in [3.8, 4) is 0 Å². The number of rotatable bonds is 3. The Kier molecular flexibility index (Phi) is 3.19. The van der Waals surface area contributed by atoms with Crippen LogP contribution < -0.4 is 5.73 Å². The smallest absolute Gasteiger partial charge is 0.320 e. The number of carbonyl (C=O) groups is 1. The lowest BCUT2D eigenvalue weighted by molar-refractivity contribution is -0.140. The van der Waals surface area contributed by atoms with Crippen LogP contribution in [0.4, 0.5) is 0 Å². The molecule has 0 amide bonds. The Hall–Kier alpha value is -0.610. The van der Waals surface area contributed by atoms with Gasteiger partial charge in [-0.15, -0.1) is 0 Å². The fourth-order valence-electron chi connectivity index (χ4n) is 0.357. The summed E-state index contributed by atoms with van der Waals surface area (Å²) in [4.78, 5) is 10.1. The molecule has 0 aromatic heterocycles. The van der Waals surface area contributed by atoms with Crippen LogP contribution in [0.15, 0.2) is 0 Å². The van der Waals surface area contributed by atoms with E-state index in [2.05, 4.69) is 0 Å². The van der Waals surface area contributed by atoms with Crippen LogP contribution in [-0.4, -0.2) is 28.8 Å². The molecule has 4 heteroatoms. The number of aliphatic hydroxyl groups excluding tert-OH is 1. The van der Waals surface area contributed by atoms with E-state index in [1.165, 1.54) is 0 Å². The molecule has 0 spiro atoms. The first-order valence-electron chi connectivity index (χ1n) is 2.68. The Bertz CT molecular complexity index is 104. The first-order valence-corrected chi connectivity index (χ1v) is 2.68. The molecule has 2 unspecified atom stereocenters. The van der Waals surface area contributed by atoms with Gasteiger partial charge in [-0.2, -0.15) is 0 Å². The second kappa shape index (κ2) is 3.42. The molecule has 0 aliphatic heterocycles. The molecule has 4 nitrogen and oxygen atoms in total. The molecule has 0 fully saturated rings. The van der Waals surface area contributed by atoms with Crippen LogP contribution in [0.1, 0.15) is 6.92 Å². The second-order valence-corrected chi connectivity index (χ2v) is 2.02. The zero-order valence-electron chi connectivity index (χ0n) is 5.24. The number of hydrogen-bond acceptors (Lipinski definition) is 3. The summed E-state index contributed by atoms with van der Waals surface area (Å²) >= 11 is 0. The third-order valence-corrected chi connectivity index (χ3v) is 1.19. The number of hydrogen-bond donors (Lipinski definition) is 3. The minimum absolute atomic E-state index is 0.187. The van der Waals surface area contributed by atoms with Crippen LogP contribution in [-0.2, 0) is 4.79 Å². The lowest BCUT2D eigenvalue weighted by Crippen LogP contribution is -2.38. The maximum absolute atomic E-state index is 10.1. The van der Waals surface area contributed by atoms with E-state index >= 15 is 0 Å². The minimum Gasteiger partial charge on any atom is -0.480 e. The summed E-state index contributed by atoms with van der Waals surface area (Å²) in [6.07, 6.45) is 0. The highest BCUT2D eigenvalue weighted by Gasteiger charge is 2.18. The molecule has 0 saturated carbocycles. The van der Waals surface area contributed by atoms with Crippen molar-refractivity contribution in [3.05, 3.63) is 0 Å². The first kappa shape index (κ1) is 8.39. The third-order valence-electron chi connectivity index (χ3n) is 1.19. The Morgan fingerprint density at radius 2 is 2.22 bits per heavy atom. The Morgan fingerprint density at radius 3 is 2.33 bits per heavy atom. The maximum Gasteiger partial charge on any atom is 0.320 e. The van der Waals surface area contributed by atoms with E-state index in [4.69, 9.17) is 15.9 Å². The highest BCUT2D eigenvalue weighted by molar-refractivity contribution is 5.73. The van der Waals surface area contributed by atoms with E-state index in [-0.39, 0.29) is 12.5 Å². The largest absolute Gasteiger partial charge is 0.480 e. The van der Waals surface area contributed by atoms with Crippen LogP contribution in [0, 0.1) is 5.92 Å². The van der Waals surface area contributed by atoms with E-state index in [0.29, 0.717) is 0 Å². The van der Waals surface area contributed by atoms with E-state index in [0.717, 1.165) is 0 Å². The molecule has 0 heterocycles. The molecule has 0 saturated heterocycles. The summed E-state index contributed by atoms with van der Waals surface area (Å²) in [5, 5.41) is 16.7. The van der Waals surface area contributed by atoms with Gasteiger partial charge in [0, 0.05) is 12.5 Å². The number of carboxylic acids is 1. The molecule has 4 N–H and O–H groups in total. The lowest BCUT2D eigenvalue weighted by Gasteiger charge is -2.11. The summed E-state index contributed by atoms with van der Waals surface area (Å²) in [5.41, 5.74) is 5.11. The average Bonchev–Trinajstić information content (AvgIpc) is 1.84. The monoisotopic (exact) mass is 133 g/mol. The predicted octanol–water partition coefficient (Wildman–Crippen LogP) is -0.973. The van der Waals surface area contributed by atoms with Crippen LogP contribution in [0.2, 0.25) is 0 Å². The molecule has 0 bridgehead atoms. The van der Waals surface area contributed by atoms with Gasteiger partial charge in [0.15, 0.2) is 0 Å². The van der Waals surface area contributed by atoms with Crippen LogP contribution >= 0.6 is 0 Å². The number of carboxylic acid groups (broad SMARTS) is 1. The molecule has 0 radical (unpaired) electrons. The van der Waals surface area contributed by atoms with Gasteiger partial charge >= 0.3 is 5.97 Å². The number of aliphatic hydroxyl groups is 1. The zero-order valence-corrected chi connectivity index (χ0v) is 5.24. The number of aliphatic carboxylic acids is 1. The van der Waals surface area contributed by atoms with E-state index in [1.807, 2.05) is 0 Å². The predicted molar refractivity (Wildman–Crippen MR) is 31.9 cm³/mol. The van der Waals surface area contributed by atoms with Gasteiger partial charge in [0.25, 0.3) is 0 Å². The van der Waals surface area contributed by atoms with Crippen LogP contribution in [0.5, 0.6) is 0 Å². The molecule has 54 valence electrons. The van der Waals surface area contributed by atoms with Gasteiger partial charge in [0.2, 0.25) is 0 Å². The quantitative estimate of drug-likeness (QED) is 0.462. The standard InChI is InChI=1S/C5H11NO3/c1-3(2-7)4(6)5(8)9/h3-4,7H,2,6H2,1H3,(H,8,9). The summed E-state index contributed by atoms with van der Waals surface area (Å²) in [7, 11) is 0. The van der Waals surface area contributed by atoms with E-state index in [9.17, 15) is 4.79 Å². The van der Waals surface area contributed by atoms with Crippen molar-refractivity contribution < 1.29 is 15.0 Å². The van der Waals surface area contributed by atoms with Crippen molar-refractivity contribution in [1.29, 1.82) is 0 Å². The molecule has 9 heavy (non-hydrogen) atoms. The van der Waals surface area contributed by atoms with Gasteiger partial charge in [-0.1, -0.05) is 6.92 Å².